The summed E-state index contributed by atoms with van der Waals surface area (Å²) < 4.78 is 1.74. The van der Waals surface area contributed by atoms with Crippen molar-refractivity contribution in [3.63, 3.8) is 0 Å². The van der Waals surface area contributed by atoms with Crippen LogP contribution in [0.1, 0.15) is 35.2 Å². The highest BCUT2D eigenvalue weighted by Crippen LogP contribution is 2.23. The van der Waals surface area contributed by atoms with Crippen LogP contribution < -0.4 is 5.32 Å². The van der Waals surface area contributed by atoms with Gasteiger partial charge in [0.1, 0.15) is 0 Å². The second kappa shape index (κ2) is 6.65. The van der Waals surface area contributed by atoms with E-state index >= 15 is 0 Å². The van der Waals surface area contributed by atoms with E-state index in [4.69, 9.17) is 0 Å². The summed E-state index contributed by atoms with van der Waals surface area (Å²) >= 11 is 0. The largest absolute Gasteiger partial charge is 0.331 e. The van der Waals surface area contributed by atoms with Crippen LogP contribution in [0.25, 0.3) is 0 Å². The minimum absolute atomic E-state index is 0.0673. The van der Waals surface area contributed by atoms with Crippen LogP contribution in [-0.4, -0.2) is 39.7 Å². The third kappa shape index (κ3) is 3.59. The molecule has 128 valence electrons. The highest BCUT2D eigenvalue weighted by molar-refractivity contribution is 5.74. The van der Waals surface area contributed by atoms with Crippen LogP contribution in [0.15, 0.2) is 30.6 Å². The predicted molar refractivity (Wildman–Crippen MR) is 93.2 cm³/mol. The molecule has 0 saturated carbocycles. The van der Waals surface area contributed by atoms with Crippen molar-refractivity contribution in [1.82, 2.24) is 24.9 Å². The van der Waals surface area contributed by atoms with Gasteiger partial charge in [-0.1, -0.05) is 18.2 Å². The number of aromatic nitrogens is 2. The lowest BCUT2D eigenvalue weighted by Gasteiger charge is -2.21. The maximum absolute atomic E-state index is 12.4. The van der Waals surface area contributed by atoms with Gasteiger partial charge in [0.25, 0.3) is 0 Å². The van der Waals surface area contributed by atoms with Crippen molar-refractivity contribution in [2.75, 3.05) is 14.1 Å². The molecule has 2 heterocycles. The topological polar surface area (TPSA) is 53.4 Å². The Labute approximate surface area is 143 Å². The number of fused-ring (bicyclic) bond motifs is 1. The second-order valence-electron chi connectivity index (χ2n) is 6.75. The molecule has 1 unspecified atom stereocenters. The zero-order valence-corrected chi connectivity index (χ0v) is 14.8. The molecule has 6 heteroatoms. The number of hydrogen-bond donors (Lipinski definition) is 1. The van der Waals surface area contributed by atoms with Gasteiger partial charge in [0.15, 0.2) is 0 Å². The van der Waals surface area contributed by atoms with E-state index < -0.39 is 0 Å². The third-order valence-corrected chi connectivity index (χ3v) is 4.48. The van der Waals surface area contributed by atoms with E-state index in [0.29, 0.717) is 6.54 Å². The average molecular weight is 327 g/mol. The number of rotatable bonds is 4. The minimum Gasteiger partial charge on any atom is -0.331 e. The summed E-state index contributed by atoms with van der Waals surface area (Å²) in [6, 6.07) is 6.36. The van der Waals surface area contributed by atoms with Gasteiger partial charge in [0.2, 0.25) is 0 Å². The van der Waals surface area contributed by atoms with Crippen LogP contribution in [0.4, 0.5) is 4.79 Å². The molecule has 1 aromatic heterocycles. The van der Waals surface area contributed by atoms with Crippen molar-refractivity contribution in [3.8, 4) is 0 Å². The van der Waals surface area contributed by atoms with E-state index in [9.17, 15) is 4.79 Å². The molecule has 2 amide bonds. The number of carbonyl (C=O) groups excluding carboxylic acids is 1. The zero-order chi connectivity index (χ0) is 17.3. The fourth-order valence-electron chi connectivity index (χ4n) is 3.10. The Bertz CT molecular complexity index is 739. The number of nitrogens with zero attached hydrogens (tertiary/aromatic N) is 4. The first kappa shape index (κ1) is 16.5. The Morgan fingerprint density at radius 2 is 2.08 bits per heavy atom. The van der Waals surface area contributed by atoms with Gasteiger partial charge >= 0.3 is 6.03 Å². The van der Waals surface area contributed by atoms with Crippen molar-refractivity contribution in [2.24, 2.45) is 7.05 Å². The fourth-order valence-corrected chi connectivity index (χ4v) is 3.10. The van der Waals surface area contributed by atoms with Crippen molar-refractivity contribution in [2.45, 2.75) is 32.6 Å². The number of carbonyl (C=O) groups is 1. The Morgan fingerprint density at radius 1 is 1.33 bits per heavy atom. The van der Waals surface area contributed by atoms with E-state index in [1.54, 1.807) is 15.8 Å². The van der Waals surface area contributed by atoms with E-state index in [-0.39, 0.29) is 12.1 Å². The van der Waals surface area contributed by atoms with Gasteiger partial charge in [-0.25, -0.2) is 4.79 Å². The molecule has 0 radical (unpaired) electrons. The highest BCUT2D eigenvalue weighted by Gasteiger charge is 2.18. The van der Waals surface area contributed by atoms with Crippen LogP contribution in [0.5, 0.6) is 0 Å². The summed E-state index contributed by atoms with van der Waals surface area (Å²) in [5.74, 6) is 0. The Hall–Kier alpha value is -2.34. The van der Waals surface area contributed by atoms with Crippen molar-refractivity contribution in [1.29, 1.82) is 0 Å². The molecule has 0 bridgehead atoms. The third-order valence-electron chi connectivity index (χ3n) is 4.48. The van der Waals surface area contributed by atoms with Crippen LogP contribution in [0, 0.1) is 0 Å². The summed E-state index contributed by atoms with van der Waals surface area (Å²) in [4.78, 5) is 16.4. The molecule has 0 aliphatic carbocycles. The second-order valence-corrected chi connectivity index (χ2v) is 6.75. The molecule has 0 saturated heterocycles. The number of hydrogen-bond acceptors (Lipinski definition) is 3. The smallest absolute Gasteiger partial charge is 0.317 e. The molecule has 1 N–H and O–H groups in total. The SMILES string of the molecule is CC(NC(=O)N(C)Cc1ccc2c(c1)CN(C)C2)c1cnn(C)c1. The number of urea groups is 1. The normalized spacial score (nSPS) is 15.2. The summed E-state index contributed by atoms with van der Waals surface area (Å²) in [5, 5.41) is 7.16. The monoisotopic (exact) mass is 327 g/mol. The molecule has 2 aromatic rings. The number of aryl methyl sites for hydroxylation is 1. The van der Waals surface area contributed by atoms with Crippen molar-refractivity contribution >= 4 is 6.03 Å². The first-order chi connectivity index (χ1) is 11.4. The van der Waals surface area contributed by atoms with Crippen molar-refractivity contribution < 1.29 is 4.79 Å². The van der Waals surface area contributed by atoms with E-state index in [2.05, 4.69) is 40.6 Å². The summed E-state index contributed by atoms with van der Waals surface area (Å²) in [5.41, 5.74) is 4.92. The van der Waals surface area contributed by atoms with Gasteiger partial charge in [0, 0.05) is 45.5 Å². The van der Waals surface area contributed by atoms with Gasteiger partial charge in [-0.05, 0) is 30.7 Å². The molecule has 1 aromatic carbocycles. The lowest BCUT2D eigenvalue weighted by atomic mass is 10.1. The average Bonchev–Trinajstić information content (AvgIpc) is 3.11. The summed E-state index contributed by atoms with van der Waals surface area (Å²) in [6.45, 7) is 4.56. The van der Waals surface area contributed by atoms with Crippen LogP contribution in [0.3, 0.4) is 0 Å². The molecule has 0 spiro atoms. The van der Waals surface area contributed by atoms with E-state index in [1.165, 1.54) is 11.1 Å². The fraction of sp³-hybridized carbons (Fsp3) is 0.444. The summed E-state index contributed by atoms with van der Waals surface area (Å²) in [6.07, 6.45) is 3.70. The first-order valence-corrected chi connectivity index (χ1v) is 8.22. The van der Waals surface area contributed by atoms with Gasteiger partial charge < -0.3 is 10.2 Å². The quantitative estimate of drug-likeness (QED) is 0.937. The van der Waals surface area contributed by atoms with Crippen LogP contribution in [0.2, 0.25) is 0 Å². The molecule has 1 atom stereocenters. The minimum atomic E-state index is -0.0797. The lowest BCUT2D eigenvalue weighted by molar-refractivity contribution is 0.203. The Morgan fingerprint density at radius 3 is 2.79 bits per heavy atom. The van der Waals surface area contributed by atoms with Crippen LogP contribution >= 0.6 is 0 Å². The Balaban J connectivity index is 1.59. The van der Waals surface area contributed by atoms with Gasteiger partial charge in [0.05, 0.1) is 12.2 Å². The lowest BCUT2D eigenvalue weighted by Crippen LogP contribution is -2.38. The molecule has 1 aliphatic heterocycles. The molecule has 3 rings (SSSR count). The van der Waals surface area contributed by atoms with E-state index in [1.807, 2.05) is 27.2 Å². The maximum Gasteiger partial charge on any atom is 0.317 e. The molecular formula is C18H25N5O. The maximum atomic E-state index is 12.4. The molecule has 0 fully saturated rings. The molecular weight excluding hydrogens is 302 g/mol. The standard InChI is InChI=1S/C18H25N5O/c1-13(17-8-19-23(4)12-17)20-18(24)22(3)9-14-5-6-15-10-21(2)11-16(15)7-14/h5-8,12-13H,9-11H2,1-4H3,(H,20,24). The number of benzene rings is 1. The Kier molecular flexibility index (Phi) is 4.57. The first-order valence-electron chi connectivity index (χ1n) is 8.22. The van der Waals surface area contributed by atoms with Crippen molar-refractivity contribution in [3.05, 3.63) is 52.8 Å². The molecule has 6 nitrogen and oxygen atoms in total. The van der Waals surface area contributed by atoms with Gasteiger partial charge in [-0.2, -0.15) is 5.10 Å². The van der Waals surface area contributed by atoms with Crippen LogP contribution in [-0.2, 0) is 26.7 Å². The zero-order valence-electron chi connectivity index (χ0n) is 14.8. The number of nitrogens with one attached hydrogen (secondary N) is 1. The highest BCUT2D eigenvalue weighted by atomic mass is 16.2. The van der Waals surface area contributed by atoms with Gasteiger partial charge in [-0.3, -0.25) is 9.58 Å². The number of amides is 2. The predicted octanol–water partition coefficient (Wildman–Crippen LogP) is 2.27. The van der Waals surface area contributed by atoms with E-state index in [0.717, 1.165) is 24.2 Å². The van der Waals surface area contributed by atoms with Gasteiger partial charge in [-0.15, -0.1) is 0 Å². The summed E-state index contributed by atoms with van der Waals surface area (Å²) in [7, 11) is 5.82. The molecule has 1 aliphatic rings. The molecule has 24 heavy (non-hydrogen) atoms.